The van der Waals surface area contributed by atoms with E-state index in [-0.39, 0.29) is 11.6 Å². The molecule has 0 saturated carbocycles. The average Bonchev–Trinajstić information content (AvgIpc) is 2.34. The number of hydrogen-bond acceptors (Lipinski definition) is 1. The van der Waals surface area contributed by atoms with Gasteiger partial charge in [0.05, 0.1) is 0 Å². The van der Waals surface area contributed by atoms with Gasteiger partial charge in [-0.25, -0.2) is 8.78 Å². The highest BCUT2D eigenvalue weighted by Crippen LogP contribution is 2.25. The summed E-state index contributed by atoms with van der Waals surface area (Å²) in [7, 11) is 1.81. The first-order valence-electron chi connectivity index (χ1n) is 5.81. The van der Waals surface area contributed by atoms with E-state index in [1.807, 2.05) is 13.1 Å². The fourth-order valence-corrected chi connectivity index (χ4v) is 1.92. The Kier molecular flexibility index (Phi) is 3.72. The molecule has 2 aromatic carbocycles. The molecular weight excluding hydrogens is 232 g/mol. The van der Waals surface area contributed by atoms with Crippen molar-refractivity contribution < 1.29 is 8.78 Å². The van der Waals surface area contributed by atoms with Crippen molar-refractivity contribution in [2.45, 2.75) is 13.5 Å². The summed E-state index contributed by atoms with van der Waals surface area (Å²) < 4.78 is 27.1. The molecule has 0 aliphatic rings. The van der Waals surface area contributed by atoms with Crippen LogP contribution >= 0.6 is 0 Å². The lowest BCUT2D eigenvalue weighted by Gasteiger charge is -2.07. The Morgan fingerprint density at radius 1 is 1.00 bits per heavy atom. The van der Waals surface area contributed by atoms with Crippen molar-refractivity contribution in [3.8, 4) is 11.1 Å². The molecule has 0 aliphatic carbocycles. The van der Waals surface area contributed by atoms with Crippen molar-refractivity contribution in [2.75, 3.05) is 7.05 Å². The Balaban J connectivity index is 2.41. The molecule has 2 aromatic rings. The van der Waals surface area contributed by atoms with E-state index in [1.165, 1.54) is 12.1 Å². The normalized spacial score (nSPS) is 10.7. The third kappa shape index (κ3) is 2.57. The Morgan fingerprint density at radius 3 is 2.39 bits per heavy atom. The number of aryl methyl sites for hydroxylation is 1. The highest BCUT2D eigenvalue weighted by Gasteiger charge is 2.07. The van der Waals surface area contributed by atoms with Gasteiger partial charge in [0, 0.05) is 12.1 Å². The molecule has 0 atom stereocenters. The van der Waals surface area contributed by atoms with Crippen LogP contribution in [0.4, 0.5) is 8.78 Å². The molecule has 0 aliphatic heterocycles. The van der Waals surface area contributed by atoms with Crippen LogP contribution in [0.1, 0.15) is 11.1 Å². The average molecular weight is 247 g/mol. The minimum Gasteiger partial charge on any atom is -0.316 e. The lowest BCUT2D eigenvalue weighted by Crippen LogP contribution is -2.05. The molecule has 0 unspecified atom stereocenters. The predicted octanol–water partition coefficient (Wildman–Crippen LogP) is 3.66. The van der Waals surface area contributed by atoms with E-state index in [0.29, 0.717) is 23.2 Å². The quantitative estimate of drug-likeness (QED) is 0.872. The van der Waals surface area contributed by atoms with E-state index in [2.05, 4.69) is 5.32 Å². The van der Waals surface area contributed by atoms with Gasteiger partial charge in [-0.05, 0) is 48.9 Å². The second-order valence-corrected chi connectivity index (χ2v) is 4.31. The van der Waals surface area contributed by atoms with Gasteiger partial charge in [0.25, 0.3) is 0 Å². The van der Waals surface area contributed by atoms with Gasteiger partial charge in [0.15, 0.2) is 0 Å². The second-order valence-electron chi connectivity index (χ2n) is 4.31. The summed E-state index contributed by atoms with van der Waals surface area (Å²) in [5.41, 5.74) is 2.60. The van der Waals surface area contributed by atoms with Crippen LogP contribution in [0.15, 0.2) is 36.4 Å². The van der Waals surface area contributed by atoms with Crippen molar-refractivity contribution >= 4 is 0 Å². The summed E-state index contributed by atoms with van der Waals surface area (Å²) in [5, 5.41) is 2.97. The zero-order valence-corrected chi connectivity index (χ0v) is 10.4. The number of benzene rings is 2. The van der Waals surface area contributed by atoms with Crippen molar-refractivity contribution in [1.29, 1.82) is 0 Å². The molecule has 0 heterocycles. The molecule has 0 aromatic heterocycles. The van der Waals surface area contributed by atoms with Crippen molar-refractivity contribution in [3.05, 3.63) is 59.2 Å². The van der Waals surface area contributed by atoms with Crippen LogP contribution in [0, 0.1) is 18.6 Å². The van der Waals surface area contributed by atoms with Gasteiger partial charge in [-0.3, -0.25) is 0 Å². The fraction of sp³-hybridized carbons (Fsp3) is 0.200. The van der Waals surface area contributed by atoms with Crippen molar-refractivity contribution in [2.24, 2.45) is 0 Å². The lowest BCUT2D eigenvalue weighted by atomic mass is 10.0. The Labute approximate surface area is 105 Å². The molecule has 0 saturated heterocycles. The summed E-state index contributed by atoms with van der Waals surface area (Å²) in [6.45, 7) is 2.30. The maximum atomic E-state index is 14.0. The largest absolute Gasteiger partial charge is 0.316 e. The van der Waals surface area contributed by atoms with Crippen LogP contribution in [-0.2, 0) is 6.54 Å². The standard InChI is InChI=1S/C15H15F2N/c1-10-7-12(4-6-14(10)16)13-5-3-11(9-18-2)8-15(13)17/h3-8,18H,9H2,1-2H3. The Morgan fingerprint density at radius 2 is 1.78 bits per heavy atom. The lowest BCUT2D eigenvalue weighted by molar-refractivity contribution is 0.617. The van der Waals surface area contributed by atoms with Crippen LogP contribution in [0.2, 0.25) is 0 Å². The maximum Gasteiger partial charge on any atom is 0.131 e. The summed E-state index contributed by atoms with van der Waals surface area (Å²) in [6, 6.07) is 9.72. The topological polar surface area (TPSA) is 12.0 Å². The van der Waals surface area contributed by atoms with E-state index >= 15 is 0 Å². The van der Waals surface area contributed by atoms with Crippen LogP contribution in [0.5, 0.6) is 0 Å². The molecule has 94 valence electrons. The van der Waals surface area contributed by atoms with Crippen LogP contribution < -0.4 is 5.32 Å². The molecule has 18 heavy (non-hydrogen) atoms. The molecule has 1 nitrogen and oxygen atoms in total. The fourth-order valence-electron chi connectivity index (χ4n) is 1.92. The minimum absolute atomic E-state index is 0.272. The zero-order valence-electron chi connectivity index (χ0n) is 10.4. The van der Waals surface area contributed by atoms with E-state index in [0.717, 1.165) is 5.56 Å². The second kappa shape index (κ2) is 5.27. The maximum absolute atomic E-state index is 14.0. The first-order valence-corrected chi connectivity index (χ1v) is 5.81. The van der Waals surface area contributed by atoms with Gasteiger partial charge in [-0.2, -0.15) is 0 Å². The summed E-state index contributed by atoms with van der Waals surface area (Å²) in [5.74, 6) is -0.556. The smallest absolute Gasteiger partial charge is 0.131 e. The highest BCUT2D eigenvalue weighted by atomic mass is 19.1. The van der Waals surface area contributed by atoms with E-state index in [1.54, 1.807) is 25.1 Å². The van der Waals surface area contributed by atoms with Crippen LogP contribution in [0.3, 0.4) is 0 Å². The van der Waals surface area contributed by atoms with Crippen LogP contribution in [0.25, 0.3) is 11.1 Å². The molecule has 0 bridgehead atoms. The molecular formula is C15H15F2N. The highest BCUT2D eigenvalue weighted by molar-refractivity contribution is 5.65. The first-order chi connectivity index (χ1) is 8.61. The summed E-state index contributed by atoms with van der Waals surface area (Å²) >= 11 is 0. The van der Waals surface area contributed by atoms with Gasteiger partial charge in [-0.15, -0.1) is 0 Å². The van der Waals surface area contributed by atoms with Gasteiger partial charge < -0.3 is 5.32 Å². The van der Waals surface area contributed by atoms with Crippen molar-refractivity contribution in [1.82, 2.24) is 5.32 Å². The number of hydrogen-bond donors (Lipinski definition) is 1. The Bertz CT molecular complexity index is 564. The Hall–Kier alpha value is -1.74. The number of halogens is 2. The summed E-state index contributed by atoms with van der Waals surface area (Å²) in [4.78, 5) is 0. The minimum atomic E-state index is -0.284. The van der Waals surface area contributed by atoms with Gasteiger partial charge in [0.2, 0.25) is 0 Å². The molecule has 0 amide bonds. The van der Waals surface area contributed by atoms with E-state index < -0.39 is 0 Å². The zero-order chi connectivity index (χ0) is 13.1. The molecule has 0 spiro atoms. The number of nitrogens with one attached hydrogen (secondary N) is 1. The SMILES string of the molecule is CNCc1ccc(-c2ccc(F)c(C)c2)c(F)c1. The third-order valence-corrected chi connectivity index (χ3v) is 2.88. The number of rotatable bonds is 3. The van der Waals surface area contributed by atoms with Crippen LogP contribution in [-0.4, -0.2) is 7.05 Å². The van der Waals surface area contributed by atoms with E-state index in [4.69, 9.17) is 0 Å². The van der Waals surface area contributed by atoms with Gasteiger partial charge in [0.1, 0.15) is 11.6 Å². The van der Waals surface area contributed by atoms with Gasteiger partial charge >= 0.3 is 0 Å². The van der Waals surface area contributed by atoms with Crippen molar-refractivity contribution in [3.63, 3.8) is 0 Å². The predicted molar refractivity (Wildman–Crippen MR) is 69.3 cm³/mol. The van der Waals surface area contributed by atoms with E-state index in [9.17, 15) is 8.78 Å². The first kappa shape index (κ1) is 12.7. The molecule has 1 N–H and O–H groups in total. The summed E-state index contributed by atoms with van der Waals surface area (Å²) in [6.07, 6.45) is 0. The molecule has 0 fully saturated rings. The monoisotopic (exact) mass is 247 g/mol. The van der Waals surface area contributed by atoms with Gasteiger partial charge in [-0.1, -0.05) is 18.2 Å². The third-order valence-electron chi connectivity index (χ3n) is 2.88. The molecule has 3 heteroatoms. The molecule has 2 rings (SSSR count). The molecule has 0 radical (unpaired) electrons.